The molecule has 1 amide bonds. The van der Waals surface area contributed by atoms with E-state index < -0.39 is 17.5 Å². The second-order valence-corrected chi connectivity index (χ2v) is 7.32. The molecule has 0 spiro atoms. The highest BCUT2D eigenvalue weighted by molar-refractivity contribution is 5.67. The Kier molecular flexibility index (Phi) is 6.61. The zero-order valence-electron chi connectivity index (χ0n) is 16.0. The fraction of sp³-hybridized carbons (Fsp3) is 0.550. The van der Waals surface area contributed by atoms with Gasteiger partial charge in [0.1, 0.15) is 5.82 Å². The number of nitrogens with two attached hydrogens (primary N) is 1. The molecule has 2 atom stereocenters. The number of carbonyl (C=O) groups excluding carboxylic acids is 1. The lowest BCUT2D eigenvalue weighted by atomic mass is 9.80. The summed E-state index contributed by atoms with van der Waals surface area (Å²) in [6.45, 7) is 5.59. The summed E-state index contributed by atoms with van der Waals surface area (Å²) in [4.78, 5) is 15.7. The van der Waals surface area contributed by atoms with Crippen molar-refractivity contribution in [3.8, 4) is 0 Å². The number of hydrogen-bond acceptors (Lipinski definition) is 4. The van der Waals surface area contributed by atoms with Gasteiger partial charge in [-0.1, -0.05) is 11.6 Å². The van der Waals surface area contributed by atoms with Gasteiger partial charge in [-0.3, -0.25) is 4.90 Å². The van der Waals surface area contributed by atoms with Crippen molar-refractivity contribution in [2.24, 2.45) is 5.73 Å². The second kappa shape index (κ2) is 8.96. The highest BCUT2D eigenvalue weighted by Gasteiger charge is 2.29. The van der Waals surface area contributed by atoms with Gasteiger partial charge in [0.25, 0.3) is 0 Å². The summed E-state index contributed by atoms with van der Waals surface area (Å²) in [5.74, 6) is -3.38. The number of hydrogen-bond donors (Lipinski definition) is 1. The maximum Gasteiger partial charge on any atom is 0.409 e. The number of rotatable bonds is 4. The molecule has 154 valence electrons. The van der Waals surface area contributed by atoms with Crippen molar-refractivity contribution in [1.29, 1.82) is 0 Å². The van der Waals surface area contributed by atoms with Crippen LogP contribution in [0.5, 0.6) is 0 Å². The predicted octanol–water partition coefficient (Wildman–Crippen LogP) is 3.01. The number of benzene rings is 1. The van der Waals surface area contributed by atoms with E-state index in [1.165, 1.54) is 0 Å². The van der Waals surface area contributed by atoms with Crippen LogP contribution in [0.4, 0.5) is 18.0 Å². The van der Waals surface area contributed by atoms with Crippen molar-refractivity contribution in [1.82, 2.24) is 9.80 Å². The van der Waals surface area contributed by atoms with Gasteiger partial charge in [0, 0.05) is 50.7 Å². The van der Waals surface area contributed by atoms with Gasteiger partial charge in [-0.15, -0.1) is 0 Å². The Morgan fingerprint density at radius 1 is 1.14 bits per heavy atom. The molecule has 1 aromatic rings. The van der Waals surface area contributed by atoms with E-state index in [0.717, 1.165) is 31.3 Å². The van der Waals surface area contributed by atoms with Gasteiger partial charge in [0.05, 0.1) is 6.61 Å². The van der Waals surface area contributed by atoms with E-state index in [9.17, 15) is 18.0 Å². The lowest BCUT2D eigenvalue weighted by Crippen LogP contribution is -2.49. The molecule has 0 aromatic heterocycles. The number of nitrogens with zero attached hydrogens (tertiary/aromatic N) is 2. The van der Waals surface area contributed by atoms with Gasteiger partial charge in [-0.2, -0.15) is 0 Å². The maximum absolute atomic E-state index is 14.1. The summed E-state index contributed by atoms with van der Waals surface area (Å²) < 4.78 is 45.8. The summed E-state index contributed by atoms with van der Waals surface area (Å²) >= 11 is 0. The fourth-order valence-electron chi connectivity index (χ4n) is 3.90. The smallest absolute Gasteiger partial charge is 0.409 e. The minimum absolute atomic E-state index is 0.129. The van der Waals surface area contributed by atoms with Crippen LogP contribution >= 0.6 is 0 Å². The molecular formula is C20H26F3N3O2. The minimum atomic E-state index is -1.19. The summed E-state index contributed by atoms with van der Waals surface area (Å²) in [5.41, 5.74) is 7.53. The first-order valence-corrected chi connectivity index (χ1v) is 9.61. The third-order valence-electron chi connectivity index (χ3n) is 5.44. The predicted molar refractivity (Wildman–Crippen MR) is 99.4 cm³/mol. The summed E-state index contributed by atoms with van der Waals surface area (Å²) in [6, 6.07) is 1.14. The quantitative estimate of drug-likeness (QED) is 0.627. The SMILES string of the molecule is CCOC(=O)N1CCN(CC2=CCC(c3cc(F)c(F)cc3F)C(N)C2)CC1. The Balaban J connectivity index is 1.57. The molecule has 1 aliphatic heterocycles. The summed E-state index contributed by atoms with van der Waals surface area (Å²) in [7, 11) is 0. The van der Waals surface area contributed by atoms with E-state index >= 15 is 0 Å². The topological polar surface area (TPSA) is 58.8 Å². The number of piperazine rings is 1. The lowest BCUT2D eigenvalue weighted by molar-refractivity contribution is 0.0816. The van der Waals surface area contributed by atoms with Gasteiger partial charge in [-0.05, 0) is 31.4 Å². The molecule has 1 saturated heterocycles. The van der Waals surface area contributed by atoms with Crippen LogP contribution in [0.2, 0.25) is 0 Å². The molecular weight excluding hydrogens is 371 g/mol. The maximum atomic E-state index is 14.1. The molecule has 2 unspecified atom stereocenters. The van der Waals surface area contributed by atoms with Crippen LogP contribution in [-0.2, 0) is 4.74 Å². The van der Waals surface area contributed by atoms with Crippen LogP contribution in [0.1, 0.15) is 31.2 Å². The monoisotopic (exact) mass is 397 g/mol. The molecule has 2 aliphatic rings. The molecule has 0 bridgehead atoms. The molecule has 0 saturated carbocycles. The molecule has 1 heterocycles. The van der Waals surface area contributed by atoms with Crippen molar-refractivity contribution in [2.75, 3.05) is 39.3 Å². The molecule has 3 rings (SSSR count). The highest BCUT2D eigenvalue weighted by Crippen LogP contribution is 2.34. The molecule has 28 heavy (non-hydrogen) atoms. The normalized spacial score (nSPS) is 23.5. The average Bonchev–Trinajstić information content (AvgIpc) is 2.66. The molecule has 2 N–H and O–H groups in total. The zero-order valence-corrected chi connectivity index (χ0v) is 16.0. The number of amides is 1. The third-order valence-corrected chi connectivity index (χ3v) is 5.44. The third kappa shape index (κ3) is 4.67. The number of halogens is 3. The Bertz CT molecular complexity index is 748. The Labute approximate surface area is 162 Å². The van der Waals surface area contributed by atoms with Crippen molar-refractivity contribution < 1.29 is 22.7 Å². The van der Waals surface area contributed by atoms with Gasteiger partial charge in [-0.25, -0.2) is 18.0 Å². The van der Waals surface area contributed by atoms with E-state index in [1.807, 2.05) is 6.08 Å². The van der Waals surface area contributed by atoms with Gasteiger partial charge >= 0.3 is 6.09 Å². The van der Waals surface area contributed by atoms with Crippen LogP contribution in [-0.4, -0.2) is 61.3 Å². The van der Waals surface area contributed by atoms with Crippen LogP contribution in [0, 0.1) is 17.5 Å². The largest absolute Gasteiger partial charge is 0.450 e. The second-order valence-electron chi connectivity index (χ2n) is 7.32. The van der Waals surface area contributed by atoms with E-state index in [2.05, 4.69) is 4.90 Å². The van der Waals surface area contributed by atoms with Crippen LogP contribution in [0.15, 0.2) is 23.8 Å². The molecule has 5 nitrogen and oxygen atoms in total. The van der Waals surface area contributed by atoms with Gasteiger partial charge in [0.2, 0.25) is 0 Å². The van der Waals surface area contributed by atoms with E-state index in [0.29, 0.717) is 38.6 Å². The van der Waals surface area contributed by atoms with Crippen LogP contribution in [0.25, 0.3) is 0 Å². The number of allylic oxidation sites excluding steroid dienone is 1. The van der Waals surface area contributed by atoms with Crippen molar-refractivity contribution in [3.63, 3.8) is 0 Å². The lowest BCUT2D eigenvalue weighted by Gasteiger charge is -2.36. The van der Waals surface area contributed by atoms with Gasteiger partial charge < -0.3 is 15.4 Å². The first kappa shape index (κ1) is 20.7. The van der Waals surface area contributed by atoms with Gasteiger partial charge in [0.15, 0.2) is 11.6 Å². The van der Waals surface area contributed by atoms with Crippen molar-refractivity contribution in [3.05, 3.63) is 46.8 Å². The Hall–Kier alpha value is -2.06. The fourth-order valence-corrected chi connectivity index (χ4v) is 3.90. The highest BCUT2D eigenvalue weighted by atomic mass is 19.2. The standard InChI is InChI=1S/C20H26F3N3O2/c1-2-28-20(27)26-7-5-25(6-8-26)12-13-3-4-14(19(24)9-13)15-10-17(22)18(23)11-16(15)21/h3,10-11,14,19H,2,4-9,12,24H2,1H3. The Morgan fingerprint density at radius 2 is 1.82 bits per heavy atom. The van der Waals surface area contributed by atoms with E-state index in [4.69, 9.17) is 10.5 Å². The van der Waals surface area contributed by atoms with Crippen molar-refractivity contribution >= 4 is 6.09 Å². The van der Waals surface area contributed by atoms with Crippen LogP contribution < -0.4 is 5.73 Å². The number of carbonyl (C=O) groups is 1. The van der Waals surface area contributed by atoms with E-state index in [1.54, 1.807) is 11.8 Å². The van der Waals surface area contributed by atoms with Crippen LogP contribution in [0.3, 0.4) is 0 Å². The summed E-state index contributed by atoms with van der Waals surface area (Å²) in [6.07, 6.45) is 2.80. The average molecular weight is 397 g/mol. The Morgan fingerprint density at radius 3 is 2.46 bits per heavy atom. The molecule has 0 radical (unpaired) electrons. The first-order chi connectivity index (χ1) is 13.4. The molecule has 1 aromatic carbocycles. The molecule has 8 heteroatoms. The first-order valence-electron chi connectivity index (χ1n) is 9.61. The number of ether oxygens (including phenoxy) is 1. The molecule has 1 aliphatic carbocycles. The van der Waals surface area contributed by atoms with Crippen molar-refractivity contribution in [2.45, 2.75) is 31.7 Å². The zero-order chi connectivity index (χ0) is 20.3. The summed E-state index contributed by atoms with van der Waals surface area (Å²) in [5, 5.41) is 0. The minimum Gasteiger partial charge on any atom is -0.450 e. The molecule has 1 fully saturated rings. The van der Waals surface area contributed by atoms with E-state index in [-0.39, 0.29) is 23.6 Å².